The number of halogens is 1. The summed E-state index contributed by atoms with van der Waals surface area (Å²) in [6, 6.07) is 0.461. The molecular weight excluding hydrogens is 354 g/mol. The highest BCUT2D eigenvalue weighted by Gasteiger charge is 2.49. The summed E-state index contributed by atoms with van der Waals surface area (Å²) in [5.41, 5.74) is 0.360. The molecule has 2 heterocycles. The van der Waals surface area contributed by atoms with Crippen molar-refractivity contribution < 1.29 is 9.53 Å². The lowest BCUT2D eigenvalue weighted by Crippen LogP contribution is -2.62. The third-order valence-electron chi connectivity index (χ3n) is 5.73. The van der Waals surface area contributed by atoms with Crippen molar-refractivity contribution in [3.63, 3.8) is 0 Å². The molecule has 0 bridgehead atoms. The second-order valence-corrected chi connectivity index (χ2v) is 7.86. The summed E-state index contributed by atoms with van der Waals surface area (Å²) in [5.74, 6) is -0.134. The fourth-order valence-corrected chi connectivity index (χ4v) is 3.65. The topological polar surface area (TPSA) is 81.1 Å². The van der Waals surface area contributed by atoms with Crippen molar-refractivity contribution in [3.8, 4) is 0 Å². The van der Waals surface area contributed by atoms with E-state index in [9.17, 15) is 4.79 Å². The smallest absolute Gasteiger partial charge is 0.273 e. The molecule has 2 atom stereocenters. The Morgan fingerprint density at radius 3 is 2.81 bits per heavy atom. The maximum absolute atomic E-state index is 12.5. The predicted molar refractivity (Wildman–Crippen MR) is 103 cm³/mol. The van der Waals surface area contributed by atoms with Gasteiger partial charge in [-0.1, -0.05) is 32.4 Å². The molecule has 1 aliphatic carbocycles. The minimum atomic E-state index is -0.134. The number of aromatic nitrogens is 3. The van der Waals surface area contributed by atoms with E-state index < -0.39 is 0 Å². The molecule has 1 saturated heterocycles. The Bertz CT molecular complexity index is 586. The zero-order chi connectivity index (χ0) is 17.9. The van der Waals surface area contributed by atoms with Crippen LogP contribution in [-0.4, -0.2) is 52.7 Å². The number of ether oxygens (including phenoxy) is 1. The van der Waals surface area contributed by atoms with Gasteiger partial charge in [-0.05, 0) is 38.8 Å². The van der Waals surface area contributed by atoms with Crippen LogP contribution in [0, 0.1) is 5.41 Å². The number of unbranched alkanes of at least 4 members (excludes halogenated alkanes) is 1. The summed E-state index contributed by atoms with van der Waals surface area (Å²) in [5, 5.41) is 14.7. The normalized spacial score (nSPS) is 25.2. The van der Waals surface area contributed by atoms with E-state index in [2.05, 4.69) is 41.7 Å². The Balaban J connectivity index is 0.00000243. The maximum atomic E-state index is 12.5. The van der Waals surface area contributed by atoms with E-state index in [1.165, 1.54) is 0 Å². The third kappa shape index (κ3) is 4.56. The molecule has 2 aliphatic rings. The van der Waals surface area contributed by atoms with E-state index in [1.54, 1.807) is 6.20 Å². The van der Waals surface area contributed by atoms with E-state index in [1.807, 2.05) is 4.68 Å². The standard InChI is InChI=1S/C18H31N5O2.ClH/c1-4-5-10-25-16-11-15(18(16,2)3)20-17(24)14-12-23(22-21-14)13-6-8-19-9-7-13;/h12-13,15-16,19H,4-11H2,1-3H3,(H,20,24);1H. The monoisotopic (exact) mass is 385 g/mol. The van der Waals surface area contributed by atoms with Gasteiger partial charge < -0.3 is 15.4 Å². The van der Waals surface area contributed by atoms with Gasteiger partial charge in [0, 0.05) is 18.1 Å². The van der Waals surface area contributed by atoms with Gasteiger partial charge in [0.05, 0.1) is 18.3 Å². The van der Waals surface area contributed by atoms with Crippen LogP contribution >= 0.6 is 12.4 Å². The number of carbonyl (C=O) groups excluding carboxylic acids is 1. The van der Waals surface area contributed by atoms with Gasteiger partial charge in [-0.3, -0.25) is 4.79 Å². The molecule has 1 amide bonds. The summed E-state index contributed by atoms with van der Waals surface area (Å²) in [4.78, 5) is 12.5. The van der Waals surface area contributed by atoms with Gasteiger partial charge >= 0.3 is 0 Å². The van der Waals surface area contributed by atoms with Gasteiger partial charge in [0.2, 0.25) is 0 Å². The first-order valence-electron chi connectivity index (χ1n) is 9.57. The van der Waals surface area contributed by atoms with E-state index in [-0.39, 0.29) is 35.9 Å². The lowest BCUT2D eigenvalue weighted by atomic mass is 9.64. The molecule has 1 saturated carbocycles. The van der Waals surface area contributed by atoms with Crippen LogP contribution in [0.2, 0.25) is 0 Å². The Labute approximate surface area is 162 Å². The second kappa shape index (κ2) is 9.15. The minimum absolute atomic E-state index is 0. The van der Waals surface area contributed by atoms with Crippen molar-refractivity contribution >= 4 is 18.3 Å². The van der Waals surface area contributed by atoms with Crippen LogP contribution in [0.3, 0.4) is 0 Å². The first-order valence-corrected chi connectivity index (χ1v) is 9.57. The number of piperidine rings is 1. The average Bonchev–Trinajstić information content (AvgIpc) is 3.11. The van der Waals surface area contributed by atoms with Crippen LogP contribution in [0.15, 0.2) is 6.20 Å². The molecule has 1 aromatic heterocycles. The average molecular weight is 386 g/mol. The highest BCUT2D eigenvalue weighted by molar-refractivity contribution is 5.92. The first kappa shape index (κ1) is 21.1. The molecule has 148 valence electrons. The molecule has 7 nitrogen and oxygen atoms in total. The number of amides is 1. The second-order valence-electron chi connectivity index (χ2n) is 7.86. The van der Waals surface area contributed by atoms with Gasteiger partial charge in [-0.2, -0.15) is 0 Å². The van der Waals surface area contributed by atoms with Crippen molar-refractivity contribution in [2.24, 2.45) is 5.41 Å². The quantitative estimate of drug-likeness (QED) is 0.704. The molecule has 0 spiro atoms. The summed E-state index contributed by atoms with van der Waals surface area (Å²) in [7, 11) is 0. The number of hydrogen-bond donors (Lipinski definition) is 2. The van der Waals surface area contributed by atoms with Crippen molar-refractivity contribution in [1.29, 1.82) is 0 Å². The molecule has 8 heteroatoms. The fourth-order valence-electron chi connectivity index (χ4n) is 3.65. The summed E-state index contributed by atoms with van der Waals surface area (Å²) in [6.45, 7) is 9.25. The molecule has 26 heavy (non-hydrogen) atoms. The van der Waals surface area contributed by atoms with Crippen LogP contribution in [0.5, 0.6) is 0 Å². The molecule has 0 aromatic carbocycles. The van der Waals surface area contributed by atoms with Crippen LogP contribution in [-0.2, 0) is 4.74 Å². The molecule has 2 unspecified atom stereocenters. The Morgan fingerprint density at radius 1 is 1.42 bits per heavy atom. The summed E-state index contributed by atoms with van der Waals surface area (Å²) >= 11 is 0. The SMILES string of the molecule is CCCCOC1CC(NC(=O)c2cn(C3CCNCC3)nn2)C1(C)C.Cl. The summed E-state index contributed by atoms with van der Waals surface area (Å²) in [6.07, 6.45) is 7.14. The summed E-state index contributed by atoms with van der Waals surface area (Å²) < 4.78 is 7.79. The highest BCUT2D eigenvalue weighted by atomic mass is 35.5. The minimum Gasteiger partial charge on any atom is -0.378 e. The molecule has 2 fully saturated rings. The number of hydrogen-bond acceptors (Lipinski definition) is 5. The van der Waals surface area contributed by atoms with Crippen LogP contribution in [0.25, 0.3) is 0 Å². The van der Waals surface area contributed by atoms with Crippen LogP contribution in [0.1, 0.15) is 69.4 Å². The van der Waals surface area contributed by atoms with E-state index in [0.717, 1.165) is 51.8 Å². The molecule has 1 aromatic rings. The maximum Gasteiger partial charge on any atom is 0.273 e. The zero-order valence-electron chi connectivity index (χ0n) is 16.0. The molecular formula is C18H32ClN5O2. The molecule has 3 rings (SSSR count). The Kier molecular flexibility index (Phi) is 7.43. The van der Waals surface area contributed by atoms with Gasteiger partial charge in [0.25, 0.3) is 5.91 Å². The number of nitrogens with zero attached hydrogens (tertiary/aromatic N) is 3. The lowest BCUT2D eigenvalue weighted by molar-refractivity contribution is -0.115. The Hall–Kier alpha value is -1.18. The Morgan fingerprint density at radius 2 is 2.15 bits per heavy atom. The van der Waals surface area contributed by atoms with E-state index in [4.69, 9.17) is 4.74 Å². The highest BCUT2D eigenvalue weighted by Crippen LogP contribution is 2.42. The van der Waals surface area contributed by atoms with E-state index >= 15 is 0 Å². The predicted octanol–water partition coefficient (Wildman–Crippen LogP) is 2.34. The molecule has 1 aliphatic heterocycles. The van der Waals surface area contributed by atoms with Crippen molar-refractivity contribution in [1.82, 2.24) is 25.6 Å². The number of nitrogens with one attached hydrogen (secondary N) is 2. The lowest BCUT2D eigenvalue weighted by Gasteiger charge is -2.51. The van der Waals surface area contributed by atoms with Crippen LogP contribution in [0.4, 0.5) is 0 Å². The zero-order valence-corrected chi connectivity index (χ0v) is 16.8. The largest absolute Gasteiger partial charge is 0.378 e. The molecule has 2 N–H and O–H groups in total. The van der Waals surface area contributed by atoms with Crippen molar-refractivity contribution in [3.05, 3.63) is 11.9 Å². The van der Waals surface area contributed by atoms with E-state index in [0.29, 0.717) is 11.7 Å². The molecule has 0 radical (unpaired) electrons. The third-order valence-corrected chi connectivity index (χ3v) is 5.73. The van der Waals surface area contributed by atoms with Crippen molar-refractivity contribution in [2.45, 2.75) is 71.1 Å². The van der Waals surface area contributed by atoms with Crippen molar-refractivity contribution in [2.75, 3.05) is 19.7 Å². The van der Waals surface area contributed by atoms with Gasteiger partial charge in [0.15, 0.2) is 5.69 Å². The number of rotatable bonds is 7. The van der Waals surface area contributed by atoms with Crippen LogP contribution < -0.4 is 10.6 Å². The number of carbonyl (C=O) groups is 1. The van der Waals surface area contributed by atoms with Gasteiger partial charge in [-0.15, -0.1) is 17.5 Å². The fraction of sp³-hybridized carbons (Fsp3) is 0.833. The van der Waals surface area contributed by atoms with Gasteiger partial charge in [-0.25, -0.2) is 4.68 Å². The van der Waals surface area contributed by atoms with Gasteiger partial charge in [0.1, 0.15) is 0 Å². The first-order chi connectivity index (χ1) is 12.0.